The number of thiocarbonyl (C=S) groups is 8. The van der Waals surface area contributed by atoms with Crippen molar-refractivity contribution in [2.45, 2.75) is 13.8 Å². The number of alkyl carbamates (subject to hydrolysis) is 8. The first kappa shape index (κ1) is 110. The lowest BCUT2D eigenvalue weighted by Gasteiger charge is -2.15. The molecule has 0 fully saturated rings. The molecule has 4 aromatic carbocycles. The van der Waals surface area contributed by atoms with Gasteiger partial charge in [0.25, 0.3) is 0 Å². The van der Waals surface area contributed by atoms with Crippen LogP contribution in [0.15, 0.2) is 243 Å². The number of nitrogens with one attached hydrogen (secondary N) is 16. The Labute approximate surface area is 789 Å². The molecule has 40 nitrogen and oxygen atoms in total. The third-order valence-electron chi connectivity index (χ3n) is 13.7. The van der Waals surface area contributed by atoms with Crippen LogP contribution >= 0.6 is 97.7 Å². The molecule has 0 aliphatic carbocycles. The van der Waals surface area contributed by atoms with Crippen LogP contribution in [0, 0.1) is 22.7 Å². The van der Waals surface area contributed by atoms with E-state index in [-0.39, 0.29) is 40.9 Å². The molecule has 0 spiro atoms. The number of ether oxygens (including phenoxy) is 8. The number of para-hydroxylation sites is 8. The number of amides is 8. The van der Waals surface area contributed by atoms with E-state index in [1.807, 2.05) is 109 Å². The van der Waals surface area contributed by atoms with Crippen LogP contribution in [-0.4, -0.2) is 176 Å². The highest BCUT2D eigenvalue weighted by Gasteiger charge is 2.16. The van der Waals surface area contributed by atoms with Gasteiger partial charge in [-0.15, -0.1) is 0 Å². The molecule has 0 saturated carbocycles. The van der Waals surface area contributed by atoms with E-state index in [4.69, 9.17) is 108 Å². The molecule has 16 N–H and O–H groups in total. The first-order valence-electron chi connectivity index (χ1n) is 36.3. The number of carbonyl (C=O) groups is 8. The minimum atomic E-state index is -0.689. The van der Waals surface area contributed by atoms with Crippen molar-refractivity contribution < 1.29 is 76.3 Å². The molecule has 48 heteroatoms. The van der Waals surface area contributed by atoms with E-state index in [2.05, 4.69) is 153 Å². The number of nitrogens with zero attached hydrogens (tertiary/aromatic N) is 8. The van der Waals surface area contributed by atoms with Gasteiger partial charge in [-0.1, -0.05) is 84.9 Å². The van der Waals surface area contributed by atoms with Crippen molar-refractivity contribution in [1.29, 1.82) is 10.5 Å². The molecule has 10 aromatic rings. The van der Waals surface area contributed by atoms with Crippen molar-refractivity contribution in [2.24, 2.45) is 0 Å². The van der Waals surface area contributed by atoms with Crippen molar-refractivity contribution in [3.8, 4) is 46.3 Å². The number of carbonyl (C=O) groups excluding carboxylic acids is 8. The smallest absolute Gasteiger partial charge is 0.413 e. The molecule has 0 saturated heterocycles. The normalized spacial score (nSPS) is 9.02. The van der Waals surface area contributed by atoms with Gasteiger partial charge in [-0.25, -0.2) is 38.4 Å². The van der Waals surface area contributed by atoms with Crippen LogP contribution in [0.25, 0.3) is 34.2 Å². The number of hydrogen-bond acceptors (Lipinski definition) is 32. The van der Waals surface area contributed by atoms with Crippen molar-refractivity contribution in [3.63, 3.8) is 0 Å². The Morgan fingerprint density at radius 2 is 0.315 bits per heavy atom. The highest BCUT2D eigenvalue weighted by molar-refractivity contribution is 7.82. The molecule has 0 radical (unpaired) electrons. The zero-order chi connectivity index (χ0) is 96.2. The van der Waals surface area contributed by atoms with Crippen LogP contribution in [0.3, 0.4) is 0 Å². The predicted molar refractivity (Wildman–Crippen MR) is 525 cm³/mol. The number of anilines is 8. The van der Waals surface area contributed by atoms with Gasteiger partial charge in [-0.2, -0.15) is 10.5 Å². The van der Waals surface area contributed by atoms with Crippen LogP contribution < -0.4 is 85.1 Å². The number of hydrogen-bond donors (Lipinski definition) is 16. The van der Waals surface area contributed by atoms with Crippen molar-refractivity contribution in [1.82, 2.24) is 72.4 Å². The van der Waals surface area contributed by atoms with E-state index < -0.39 is 48.7 Å². The topological polar surface area (TPSA) is 528 Å². The van der Waals surface area contributed by atoms with Gasteiger partial charge in [-0.05, 0) is 219 Å². The van der Waals surface area contributed by atoms with E-state index in [1.54, 1.807) is 146 Å². The lowest BCUT2D eigenvalue weighted by molar-refractivity contribution is 0.176. The quantitative estimate of drug-likeness (QED) is 0.0422. The maximum Gasteiger partial charge on any atom is 0.413 e. The average molecular weight is 1920 g/mol. The Morgan fingerprint density at radius 3 is 0.400 bits per heavy atom. The highest BCUT2D eigenvalue weighted by atomic mass is 32.1. The van der Waals surface area contributed by atoms with E-state index in [1.165, 1.54) is 70.7 Å². The molecule has 0 aliphatic rings. The van der Waals surface area contributed by atoms with Crippen LogP contribution in [0.1, 0.15) is 13.8 Å². The van der Waals surface area contributed by atoms with Crippen LogP contribution in [0.4, 0.5) is 83.9 Å². The van der Waals surface area contributed by atoms with Gasteiger partial charge in [0.1, 0.15) is 0 Å². The lowest BCUT2D eigenvalue weighted by atomic mass is 10.2. The molecule has 8 amide bonds. The van der Waals surface area contributed by atoms with Gasteiger partial charge in [0, 0.05) is 51.0 Å². The van der Waals surface area contributed by atoms with E-state index in [9.17, 15) is 38.4 Å². The summed E-state index contributed by atoms with van der Waals surface area (Å²) in [6.07, 6.45) is 5.09. The molecule has 0 bridgehead atoms. The maximum absolute atomic E-state index is 11.1. The number of pyridine rings is 6. The minimum Gasteiger partial charge on any atom is -0.453 e. The molecule has 130 heavy (non-hydrogen) atoms. The fraction of sp³-hybridized carbons (Fsp3) is 0.122. The predicted octanol–water partition coefficient (Wildman–Crippen LogP) is 14.7. The number of nitriles is 2. The maximum atomic E-state index is 11.1. The summed E-state index contributed by atoms with van der Waals surface area (Å²) >= 11 is 39.7. The van der Waals surface area contributed by atoms with Gasteiger partial charge < -0.3 is 80.4 Å². The number of rotatable bonds is 11. The minimum absolute atomic E-state index is 0.0490. The molecule has 0 unspecified atom stereocenters. The molecule has 6 heterocycles. The second kappa shape index (κ2) is 66.5. The molecule has 6 aromatic heterocycles. The van der Waals surface area contributed by atoms with Gasteiger partial charge in [0.2, 0.25) is 0 Å². The summed E-state index contributed by atoms with van der Waals surface area (Å²) in [6.45, 7) is 2.86. The second-order valence-electron chi connectivity index (χ2n) is 22.5. The van der Waals surface area contributed by atoms with Gasteiger partial charge >= 0.3 is 48.7 Å². The molecule has 678 valence electrons. The third kappa shape index (κ3) is 48.9. The Balaban J connectivity index is 0.000000514. The monoisotopic (exact) mass is 1920 g/mol. The Hall–Kier alpha value is -16.0. The largest absolute Gasteiger partial charge is 0.453 e. The zero-order valence-electron chi connectivity index (χ0n) is 70.5. The van der Waals surface area contributed by atoms with Crippen LogP contribution in [0.2, 0.25) is 0 Å². The third-order valence-corrected chi connectivity index (χ3v) is 15.3. The van der Waals surface area contributed by atoms with Crippen LogP contribution in [0.5, 0.6) is 0 Å². The van der Waals surface area contributed by atoms with E-state index in [0.717, 1.165) is 34.2 Å². The zero-order valence-corrected chi connectivity index (χ0v) is 77.0. The Morgan fingerprint density at radius 1 is 0.215 bits per heavy atom. The van der Waals surface area contributed by atoms with Gasteiger partial charge in [0.05, 0.1) is 149 Å². The summed E-state index contributed by atoms with van der Waals surface area (Å²) < 4.78 is 35.5. The molecular weight excluding hydrogens is 1830 g/mol. The summed E-state index contributed by atoms with van der Waals surface area (Å²) in [5.41, 5.74) is 9.81. The average Bonchev–Trinajstić information content (AvgIpc) is 0.864. The number of methoxy groups -OCH3 is 8. The fourth-order valence-corrected chi connectivity index (χ4v) is 9.81. The van der Waals surface area contributed by atoms with E-state index in [0.29, 0.717) is 45.5 Å². The fourth-order valence-electron chi connectivity index (χ4n) is 8.27. The SMILES string of the molecule is CC#N.CC#N.COC(=O)NC(=S)Nc1ccccc1NC(=S)NC(=O)OC.COC(=O)NC(=S)Nc1ccccc1NC(=S)NC(=O)OC.COC(=O)NC(=S)Nc1ccccc1NC(=S)NC(=O)OC.COC(=O)NC(=S)Nc1ccccc1NC(=S)NC(=O)OC.c1ccc(-c2ccccn2)nc1.c1ccc(-c2ccccn2)nc1.c1ccc(-c2ccccn2)nc1. The first-order chi connectivity index (χ1) is 62.6. The lowest BCUT2D eigenvalue weighted by Crippen LogP contribution is -2.35. The van der Waals surface area contributed by atoms with Crippen LogP contribution in [-0.2, 0) is 37.9 Å². The van der Waals surface area contributed by atoms with Crippen molar-refractivity contribution >= 4 is 233 Å². The summed E-state index contributed by atoms with van der Waals surface area (Å²) in [6, 6.07) is 65.9. The standard InChI is InChI=1S/4C12H14N4O4S2.3C10H8N2.2C2H3N/c4*1-19-11(17)15-9(21)13-7-5-3-4-6-8(7)14-10(22)16-12(18)20-2;3*1-3-7-11-9(5-1)10-6-2-4-8-12-10;2*1-2-3/h4*3-6H,1-2H3,(H2,13,15,17,21)(H2,14,16,18,22);3*1-8H;2*1H3. The second-order valence-corrected chi connectivity index (χ2v) is 25.8. The van der Waals surface area contributed by atoms with Crippen molar-refractivity contribution in [3.05, 3.63) is 243 Å². The number of aromatic nitrogens is 6. The van der Waals surface area contributed by atoms with Gasteiger partial charge in [-0.3, -0.25) is 72.4 Å². The number of benzene rings is 4. The highest BCUT2D eigenvalue weighted by Crippen LogP contribution is 2.25. The summed E-state index contributed by atoms with van der Waals surface area (Å²) in [5, 5.41) is 55.9. The van der Waals surface area contributed by atoms with Gasteiger partial charge in [0.15, 0.2) is 40.9 Å². The first-order valence-corrected chi connectivity index (χ1v) is 39.6. The Bertz CT molecular complexity index is 4500. The molecule has 0 aliphatic heterocycles. The molecular formula is C82H86N24O16S8. The molecule has 0 atom stereocenters. The van der Waals surface area contributed by atoms with E-state index >= 15 is 0 Å². The molecule has 10 rings (SSSR count). The van der Waals surface area contributed by atoms with Crippen molar-refractivity contribution in [2.75, 3.05) is 99.4 Å². The Kier molecular flexibility index (Phi) is 56.4. The summed E-state index contributed by atoms with van der Waals surface area (Å²) in [4.78, 5) is 114. The summed E-state index contributed by atoms with van der Waals surface area (Å²) in [5.74, 6) is 0. The summed E-state index contributed by atoms with van der Waals surface area (Å²) in [7, 11) is 9.81.